The van der Waals surface area contributed by atoms with Crippen LogP contribution < -0.4 is 20.4 Å². The zero-order valence-electron chi connectivity index (χ0n) is 16.0. The molecule has 2 aromatic rings. The summed E-state index contributed by atoms with van der Waals surface area (Å²) in [6, 6.07) is 10.5. The quantitative estimate of drug-likeness (QED) is 0.505. The second-order valence-electron chi connectivity index (χ2n) is 7.48. The van der Waals surface area contributed by atoms with Gasteiger partial charge in [-0.05, 0) is 30.5 Å². The molecule has 4 rings (SSSR count). The fourth-order valence-corrected chi connectivity index (χ4v) is 4.56. The summed E-state index contributed by atoms with van der Waals surface area (Å²) in [6.45, 7) is 3.00. The highest BCUT2D eigenvalue weighted by Crippen LogP contribution is 2.31. The lowest BCUT2D eigenvalue weighted by atomic mass is 9.85. The molecule has 1 aromatic heterocycles. The fraction of sp³-hybridized carbons (Fsp3) is 0.450. The Balaban J connectivity index is 1.46. The average Bonchev–Trinajstić information content (AvgIpc) is 2.74. The number of hydrogen-bond acceptors (Lipinski definition) is 6. The van der Waals surface area contributed by atoms with Gasteiger partial charge in [-0.3, -0.25) is 4.79 Å². The molecular weight excluding hydrogens is 467 g/mol. The number of halogens is 1. The normalized spacial score (nSPS) is 18.9. The van der Waals surface area contributed by atoms with Crippen LogP contribution in [0.5, 0.6) is 0 Å². The van der Waals surface area contributed by atoms with E-state index in [0.29, 0.717) is 6.54 Å². The molecule has 2 fully saturated rings. The van der Waals surface area contributed by atoms with Crippen molar-refractivity contribution >= 4 is 45.8 Å². The summed E-state index contributed by atoms with van der Waals surface area (Å²) in [5.41, 5.74) is 2.26. The third-order valence-corrected chi connectivity index (χ3v) is 6.52. The molecule has 8 heteroatoms. The Morgan fingerprint density at radius 3 is 2.61 bits per heavy atom. The van der Waals surface area contributed by atoms with Gasteiger partial charge in [0.15, 0.2) is 0 Å². The van der Waals surface area contributed by atoms with Gasteiger partial charge in [-0.2, -0.15) is 0 Å². The number of piperazine rings is 1. The van der Waals surface area contributed by atoms with Crippen molar-refractivity contribution in [3.05, 3.63) is 42.2 Å². The largest absolute Gasteiger partial charge is 0.373 e. The molecule has 1 amide bonds. The number of anilines is 3. The molecule has 0 aliphatic carbocycles. The number of rotatable bonds is 4. The van der Waals surface area contributed by atoms with Crippen molar-refractivity contribution in [3.63, 3.8) is 0 Å². The Morgan fingerprint density at radius 2 is 1.93 bits per heavy atom. The minimum atomic E-state index is -0.174. The number of alkyl halides is 1. The zero-order valence-corrected chi connectivity index (χ0v) is 18.1. The number of carbonyl (C=O) groups is 1. The maximum Gasteiger partial charge on any atom is 0.240 e. The number of aromatic nitrogens is 2. The highest BCUT2D eigenvalue weighted by molar-refractivity contribution is 14.1. The topological polar surface area (TPSA) is 73.4 Å². The van der Waals surface area contributed by atoms with E-state index in [1.54, 1.807) is 6.33 Å². The van der Waals surface area contributed by atoms with Crippen LogP contribution in [-0.2, 0) is 9.22 Å². The van der Waals surface area contributed by atoms with Crippen molar-refractivity contribution in [2.75, 3.05) is 48.3 Å². The third kappa shape index (κ3) is 4.01. The fourth-order valence-electron chi connectivity index (χ4n) is 4.05. The predicted molar refractivity (Wildman–Crippen MR) is 120 cm³/mol. The van der Waals surface area contributed by atoms with Crippen LogP contribution in [0, 0.1) is 0 Å². The Bertz CT molecular complexity index is 835. The van der Waals surface area contributed by atoms with Crippen LogP contribution in [0.1, 0.15) is 18.4 Å². The molecule has 1 spiro atoms. The minimum absolute atomic E-state index is 0.108. The summed E-state index contributed by atoms with van der Waals surface area (Å²) in [6.07, 6.45) is 3.40. The summed E-state index contributed by atoms with van der Waals surface area (Å²) in [7, 11) is 1.86. The van der Waals surface area contributed by atoms with Crippen molar-refractivity contribution < 1.29 is 4.79 Å². The lowest BCUT2D eigenvalue weighted by molar-refractivity contribution is -0.123. The molecule has 2 aliphatic rings. The molecule has 0 radical (unpaired) electrons. The van der Waals surface area contributed by atoms with Crippen molar-refractivity contribution in [1.82, 2.24) is 15.3 Å². The van der Waals surface area contributed by atoms with Crippen LogP contribution in [0.2, 0.25) is 0 Å². The first-order valence-electron chi connectivity index (χ1n) is 9.56. The van der Waals surface area contributed by atoms with Crippen molar-refractivity contribution in [2.24, 2.45) is 0 Å². The molecule has 2 aliphatic heterocycles. The van der Waals surface area contributed by atoms with Crippen molar-refractivity contribution in [1.29, 1.82) is 0 Å². The monoisotopic (exact) mass is 492 g/mol. The summed E-state index contributed by atoms with van der Waals surface area (Å²) in [4.78, 5) is 25.6. The van der Waals surface area contributed by atoms with Gasteiger partial charge < -0.3 is 20.4 Å². The summed E-state index contributed by atoms with van der Waals surface area (Å²) < 4.78 is 0.997. The Morgan fingerprint density at radius 1 is 1.18 bits per heavy atom. The molecular formula is C20H25IN6O. The molecule has 3 heterocycles. The molecule has 0 bridgehead atoms. The van der Waals surface area contributed by atoms with Gasteiger partial charge in [0.1, 0.15) is 18.0 Å². The first-order chi connectivity index (χ1) is 13.6. The average molecular weight is 492 g/mol. The third-order valence-electron chi connectivity index (χ3n) is 5.64. The minimum Gasteiger partial charge on any atom is -0.373 e. The summed E-state index contributed by atoms with van der Waals surface area (Å²) in [5.74, 6) is 1.86. The van der Waals surface area contributed by atoms with Gasteiger partial charge >= 0.3 is 0 Å². The van der Waals surface area contributed by atoms with Crippen molar-refractivity contribution in [3.8, 4) is 0 Å². The van der Waals surface area contributed by atoms with Gasteiger partial charge in [0.2, 0.25) is 5.91 Å². The highest BCUT2D eigenvalue weighted by Gasteiger charge is 2.41. The van der Waals surface area contributed by atoms with E-state index < -0.39 is 0 Å². The Hall–Kier alpha value is -2.10. The van der Waals surface area contributed by atoms with Gasteiger partial charge in [-0.15, -0.1) is 0 Å². The van der Waals surface area contributed by atoms with Gasteiger partial charge in [0.05, 0.1) is 12.1 Å². The number of amides is 1. The number of piperidine rings is 1. The van der Waals surface area contributed by atoms with Crippen molar-refractivity contribution in [2.45, 2.75) is 22.8 Å². The molecule has 148 valence electrons. The molecule has 0 unspecified atom stereocenters. The van der Waals surface area contributed by atoms with Gasteiger partial charge in [-0.25, -0.2) is 9.97 Å². The lowest BCUT2D eigenvalue weighted by Crippen LogP contribution is -2.66. The Labute approximate surface area is 179 Å². The van der Waals surface area contributed by atoms with Gasteiger partial charge in [0.25, 0.3) is 0 Å². The van der Waals surface area contributed by atoms with E-state index in [0.717, 1.165) is 54.2 Å². The molecule has 1 aromatic carbocycles. The zero-order chi connectivity index (χ0) is 19.6. The van der Waals surface area contributed by atoms with E-state index in [1.807, 2.05) is 13.1 Å². The van der Waals surface area contributed by atoms with E-state index in [1.165, 1.54) is 5.56 Å². The van der Waals surface area contributed by atoms with Crippen LogP contribution >= 0.6 is 22.6 Å². The molecule has 28 heavy (non-hydrogen) atoms. The van der Waals surface area contributed by atoms with E-state index >= 15 is 0 Å². The second kappa shape index (κ2) is 8.10. The van der Waals surface area contributed by atoms with Crippen LogP contribution in [0.15, 0.2) is 36.7 Å². The predicted octanol–water partition coefficient (Wildman–Crippen LogP) is 2.43. The Kier molecular flexibility index (Phi) is 5.56. The van der Waals surface area contributed by atoms with E-state index in [4.69, 9.17) is 0 Å². The number of nitrogens with zero attached hydrogens (tertiary/aromatic N) is 4. The smallest absolute Gasteiger partial charge is 0.240 e. The van der Waals surface area contributed by atoms with E-state index in [-0.39, 0.29) is 11.4 Å². The number of hydrogen-bond donors (Lipinski definition) is 2. The van der Waals surface area contributed by atoms with E-state index in [2.05, 4.69) is 77.3 Å². The lowest BCUT2D eigenvalue weighted by Gasteiger charge is -2.48. The van der Waals surface area contributed by atoms with Crippen LogP contribution in [0.3, 0.4) is 0 Å². The maximum absolute atomic E-state index is 12.5. The number of nitrogens with one attached hydrogen (secondary N) is 2. The van der Waals surface area contributed by atoms with Crippen LogP contribution in [-0.4, -0.2) is 54.6 Å². The summed E-state index contributed by atoms with van der Waals surface area (Å²) >= 11 is 2.37. The van der Waals surface area contributed by atoms with Gasteiger partial charge in [-0.1, -0.05) is 34.7 Å². The molecule has 7 nitrogen and oxygen atoms in total. The SMILES string of the molecule is CNc1cc(N2CCC3(CC2)CN(c2ccc(CI)cc2)CC(=O)N3)ncn1. The van der Waals surface area contributed by atoms with Gasteiger partial charge in [0, 0.05) is 42.9 Å². The highest BCUT2D eigenvalue weighted by atomic mass is 127. The standard InChI is InChI=1S/C20H25IN6O/c1-22-17-10-18(24-14-23-17)26-8-6-20(7-9-26)13-27(12-19(28)25-20)16-4-2-15(11-21)3-5-16/h2-5,10,14H,6-9,11-13H2,1H3,(H,25,28)(H,22,23,24). The first kappa shape index (κ1) is 19.2. The summed E-state index contributed by atoms with van der Waals surface area (Å²) in [5, 5.41) is 6.35. The second-order valence-corrected chi connectivity index (χ2v) is 8.25. The molecule has 2 saturated heterocycles. The molecule has 0 saturated carbocycles. The molecule has 0 atom stereocenters. The number of benzene rings is 1. The van der Waals surface area contributed by atoms with Crippen LogP contribution in [0.25, 0.3) is 0 Å². The first-order valence-corrected chi connectivity index (χ1v) is 11.1. The maximum atomic E-state index is 12.5. The van der Waals surface area contributed by atoms with E-state index in [9.17, 15) is 4.79 Å². The molecule has 2 N–H and O–H groups in total. The number of carbonyl (C=O) groups excluding carboxylic acids is 1. The van der Waals surface area contributed by atoms with Crippen LogP contribution in [0.4, 0.5) is 17.3 Å².